The van der Waals surface area contributed by atoms with Crippen LogP contribution < -0.4 is 4.90 Å². The molecule has 2 aromatic heterocycles. The highest BCUT2D eigenvalue weighted by molar-refractivity contribution is 6.36. The number of imidazole rings is 1. The maximum Gasteiger partial charge on any atom is 0.283 e. The minimum absolute atomic E-state index is 0.165. The van der Waals surface area contributed by atoms with E-state index in [0.717, 1.165) is 21.5 Å². The number of para-hydroxylation sites is 3. The summed E-state index contributed by atoms with van der Waals surface area (Å²) in [7, 11) is 0. The molecule has 0 saturated carbocycles. The number of anilines is 1. The number of nitrogens with one attached hydrogen (secondary N) is 1. The highest BCUT2D eigenvalue weighted by atomic mass is 16.2. The molecule has 1 aliphatic heterocycles. The predicted molar refractivity (Wildman–Crippen MR) is 96.3 cm³/mol. The highest BCUT2D eigenvalue weighted by Crippen LogP contribution is 2.36. The number of amides is 2. The number of carbonyl (C=O) groups excluding carboxylic acids is 2. The molecule has 5 rings (SSSR count). The van der Waals surface area contributed by atoms with E-state index in [1.807, 2.05) is 43.3 Å². The van der Waals surface area contributed by atoms with E-state index in [1.165, 1.54) is 0 Å². The van der Waals surface area contributed by atoms with Crippen molar-refractivity contribution in [3.63, 3.8) is 0 Å². The predicted octanol–water partition coefficient (Wildman–Crippen LogP) is 3.40. The molecule has 0 saturated heterocycles. The van der Waals surface area contributed by atoms with Crippen molar-refractivity contribution in [2.45, 2.75) is 6.92 Å². The van der Waals surface area contributed by atoms with E-state index >= 15 is 0 Å². The third-order valence-corrected chi connectivity index (χ3v) is 4.86. The van der Waals surface area contributed by atoms with Gasteiger partial charge in [0.2, 0.25) is 0 Å². The second-order valence-electron chi connectivity index (χ2n) is 6.27. The summed E-state index contributed by atoms with van der Waals surface area (Å²) in [6.45, 7) is 1.85. The summed E-state index contributed by atoms with van der Waals surface area (Å²) in [4.78, 5) is 30.6. The minimum Gasteiger partial charge on any atom is -0.338 e. The van der Waals surface area contributed by atoms with E-state index in [1.54, 1.807) is 16.5 Å². The third kappa shape index (κ3) is 1.59. The number of hydrogen-bond acceptors (Lipinski definition) is 3. The Kier molecular flexibility index (Phi) is 2.69. The van der Waals surface area contributed by atoms with Crippen LogP contribution in [0.2, 0.25) is 0 Å². The number of aromatic amines is 1. The maximum atomic E-state index is 13.2. The Morgan fingerprint density at radius 1 is 1.00 bits per heavy atom. The Morgan fingerprint density at radius 3 is 2.50 bits per heavy atom. The number of nitriles is 1. The molecule has 2 amide bonds. The second kappa shape index (κ2) is 4.83. The van der Waals surface area contributed by atoms with Gasteiger partial charge in [-0.15, -0.1) is 0 Å². The Labute approximate surface area is 147 Å². The zero-order valence-electron chi connectivity index (χ0n) is 13.8. The number of carbonyl (C=O) groups is 2. The zero-order chi connectivity index (χ0) is 18.0. The minimum atomic E-state index is -0.461. The molecule has 0 radical (unpaired) electrons. The number of benzene rings is 2. The van der Waals surface area contributed by atoms with Gasteiger partial charge in [0.1, 0.15) is 23.0 Å². The molecule has 1 N–H and O–H groups in total. The van der Waals surface area contributed by atoms with Crippen LogP contribution in [0.15, 0.2) is 48.5 Å². The standard InChI is InChI=1S/C20H12N4O2/c1-11-6-2-4-8-14(11)24-19(25)16-12(10-21)18-22-13-7-3-5-9-15(13)23(18)17(16)20(24)26/h2-9,22H,1H3. The van der Waals surface area contributed by atoms with Crippen molar-refractivity contribution >= 4 is 34.2 Å². The van der Waals surface area contributed by atoms with Crippen molar-refractivity contribution in [3.8, 4) is 6.07 Å². The summed E-state index contributed by atoms with van der Waals surface area (Å²) in [5, 5.41) is 9.66. The third-order valence-electron chi connectivity index (χ3n) is 4.86. The van der Waals surface area contributed by atoms with Gasteiger partial charge in [0.25, 0.3) is 11.8 Å². The van der Waals surface area contributed by atoms with Crippen molar-refractivity contribution in [2.24, 2.45) is 0 Å². The van der Waals surface area contributed by atoms with Gasteiger partial charge in [-0.1, -0.05) is 30.3 Å². The number of rotatable bonds is 1. The van der Waals surface area contributed by atoms with E-state index in [4.69, 9.17) is 0 Å². The van der Waals surface area contributed by atoms with Crippen molar-refractivity contribution in [1.82, 2.24) is 9.38 Å². The molecule has 2 aromatic carbocycles. The van der Waals surface area contributed by atoms with Gasteiger partial charge in [0.05, 0.1) is 22.3 Å². The Morgan fingerprint density at radius 2 is 1.73 bits per heavy atom. The van der Waals surface area contributed by atoms with Crippen molar-refractivity contribution in [1.29, 1.82) is 5.26 Å². The van der Waals surface area contributed by atoms with Crippen LogP contribution in [0.4, 0.5) is 5.69 Å². The van der Waals surface area contributed by atoms with Gasteiger partial charge >= 0.3 is 0 Å². The largest absolute Gasteiger partial charge is 0.338 e. The molecule has 0 bridgehead atoms. The maximum absolute atomic E-state index is 13.2. The molecule has 0 spiro atoms. The van der Waals surface area contributed by atoms with Crippen molar-refractivity contribution in [2.75, 3.05) is 4.90 Å². The summed E-state index contributed by atoms with van der Waals surface area (Å²) < 4.78 is 1.68. The quantitative estimate of drug-likeness (QED) is 0.539. The Balaban J connectivity index is 1.87. The summed E-state index contributed by atoms with van der Waals surface area (Å²) >= 11 is 0. The monoisotopic (exact) mass is 340 g/mol. The molecule has 4 aromatic rings. The van der Waals surface area contributed by atoms with Gasteiger partial charge in [-0.25, -0.2) is 4.90 Å². The first-order valence-corrected chi connectivity index (χ1v) is 8.13. The molecule has 124 valence electrons. The number of nitrogens with zero attached hydrogens (tertiary/aromatic N) is 3. The first kappa shape index (κ1) is 14.5. The van der Waals surface area contributed by atoms with Crippen LogP contribution in [0.5, 0.6) is 0 Å². The lowest BCUT2D eigenvalue weighted by molar-refractivity contribution is 0.0923. The molecular formula is C20H12N4O2. The van der Waals surface area contributed by atoms with E-state index in [9.17, 15) is 14.9 Å². The van der Waals surface area contributed by atoms with Gasteiger partial charge in [0.15, 0.2) is 0 Å². The van der Waals surface area contributed by atoms with Crippen LogP contribution in [-0.4, -0.2) is 21.2 Å². The lowest BCUT2D eigenvalue weighted by Crippen LogP contribution is -2.31. The molecular weight excluding hydrogens is 328 g/mol. The Hall–Kier alpha value is -3.85. The summed E-state index contributed by atoms with van der Waals surface area (Å²) in [6.07, 6.45) is 0. The van der Waals surface area contributed by atoms with E-state index in [2.05, 4.69) is 11.1 Å². The summed E-state index contributed by atoms with van der Waals surface area (Å²) in [6, 6.07) is 16.8. The van der Waals surface area contributed by atoms with Crippen molar-refractivity contribution in [3.05, 3.63) is 70.9 Å². The van der Waals surface area contributed by atoms with E-state index in [0.29, 0.717) is 11.3 Å². The van der Waals surface area contributed by atoms with Gasteiger partial charge in [0, 0.05) is 0 Å². The number of H-pyrrole nitrogens is 1. The molecule has 6 heteroatoms. The van der Waals surface area contributed by atoms with Gasteiger partial charge in [-0.05, 0) is 30.7 Å². The molecule has 6 nitrogen and oxygen atoms in total. The summed E-state index contributed by atoms with van der Waals surface area (Å²) in [5.74, 6) is -0.877. The fourth-order valence-electron chi connectivity index (χ4n) is 3.70. The van der Waals surface area contributed by atoms with Gasteiger partial charge in [-0.2, -0.15) is 5.26 Å². The number of aromatic nitrogens is 2. The zero-order valence-corrected chi connectivity index (χ0v) is 13.8. The lowest BCUT2D eigenvalue weighted by atomic mass is 10.1. The van der Waals surface area contributed by atoms with Crippen LogP contribution in [-0.2, 0) is 0 Å². The number of imide groups is 1. The second-order valence-corrected chi connectivity index (χ2v) is 6.27. The molecule has 0 unspecified atom stereocenters. The first-order valence-electron chi connectivity index (χ1n) is 8.13. The molecule has 0 aliphatic carbocycles. The number of fused-ring (bicyclic) bond motifs is 5. The fraction of sp³-hybridized carbons (Fsp3) is 0.0500. The van der Waals surface area contributed by atoms with Crippen LogP contribution in [0.25, 0.3) is 16.7 Å². The van der Waals surface area contributed by atoms with Crippen LogP contribution >= 0.6 is 0 Å². The summed E-state index contributed by atoms with van der Waals surface area (Å²) in [5.41, 5.74) is 3.99. The lowest BCUT2D eigenvalue weighted by Gasteiger charge is -2.16. The Bertz CT molecular complexity index is 1300. The fourth-order valence-corrected chi connectivity index (χ4v) is 3.70. The first-order chi connectivity index (χ1) is 12.6. The normalized spacial score (nSPS) is 13.6. The highest BCUT2D eigenvalue weighted by Gasteiger charge is 2.44. The van der Waals surface area contributed by atoms with Crippen LogP contribution in [0, 0.1) is 18.3 Å². The average Bonchev–Trinajstić information content (AvgIpc) is 3.24. The molecule has 0 atom stereocenters. The SMILES string of the molecule is Cc1ccccc1N1C(=O)c2c(C#N)c3[nH]c4ccccc4n3c2C1=O. The van der Waals surface area contributed by atoms with Gasteiger partial charge in [-0.3, -0.25) is 14.0 Å². The molecule has 1 aliphatic rings. The topological polar surface area (TPSA) is 81.4 Å². The molecule has 26 heavy (non-hydrogen) atoms. The van der Waals surface area contributed by atoms with Crippen LogP contribution in [0.1, 0.15) is 32.0 Å². The smallest absolute Gasteiger partial charge is 0.283 e. The number of hydrogen-bond donors (Lipinski definition) is 1. The number of aryl methyl sites for hydroxylation is 1. The van der Waals surface area contributed by atoms with E-state index < -0.39 is 11.8 Å². The van der Waals surface area contributed by atoms with Crippen LogP contribution in [0.3, 0.4) is 0 Å². The van der Waals surface area contributed by atoms with Gasteiger partial charge < -0.3 is 4.98 Å². The van der Waals surface area contributed by atoms with Crippen molar-refractivity contribution < 1.29 is 9.59 Å². The average molecular weight is 340 g/mol. The van der Waals surface area contributed by atoms with E-state index in [-0.39, 0.29) is 16.8 Å². The molecule has 3 heterocycles. The molecule has 0 fully saturated rings.